The number of benzene rings is 3. The average molecular weight is 523 g/mol. The van der Waals surface area contributed by atoms with Gasteiger partial charge in [0.05, 0.1) is 31.6 Å². The van der Waals surface area contributed by atoms with Gasteiger partial charge < -0.3 is 14.8 Å². The highest BCUT2D eigenvalue weighted by Crippen LogP contribution is 2.41. The number of rotatable bonds is 7. The molecule has 0 aliphatic carbocycles. The Bertz CT molecular complexity index is 1390. The first-order chi connectivity index (χ1) is 17.4. The fourth-order valence-corrected chi connectivity index (χ4v) is 5.82. The smallest absolute Gasteiger partial charge is 0.251 e. The highest BCUT2D eigenvalue weighted by Gasteiger charge is 2.35. The van der Waals surface area contributed by atoms with Crippen molar-refractivity contribution >= 4 is 21.6 Å². The van der Waals surface area contributed by atoms with Crippen molar-refractivity contribution in [2.24, 2.45) is 0 Å². The molecule has 7 nitrogen and oxygen atoms in total. The third-order valence-corrected chi connectivity index (χ3v) is 7.73. The summed E-state index contributed by atoms with van der Waals surface area (Å²) in [6.45, 7) is 7.97. The standard InChI is InChI=1S/C29H34N2O5S/c1-19-8-7-9-20(2)27(19)31(37(6,33)34)18-21-10-12-22(13-11-21)28(32)30-25-17-29(3,4)36-26-16-23(35-5)14-15-24(25)26/h7-16,25H,17-18H2,1-6H3,(H,30,32). The maximum Gasteiger partial charge on any atom is 0.251 e. The van der Waals surface area contributed by atoms with E-state index in [1.54, 1.807) is 31.4 Å². The maximum atomic E-state index is 13.2. The van der Waals surface area contributed by atoms with Gasteiger partial charge in [0.15, 0.2) is 0 Å². The van der Waals surface area contributed by atoms with Gasteiger partial charge >= 0.3 is 0 Å². The van der Waals surface area contributed by atoms with Crippen LogP contribution in [0.4, 0.5) is 5.69 Å². The van der Waals surface area contributed by atoms with Crippen molar-refractivity contribution in [2.75, 3.05) is 17.7 Å². The van der Waals surface area contributed by atoms with E-state index in [9.17, 15) is 13.2 Å². The van der Waals surface area contributed by atoms with Crippen molar-refractivity contribution in [1.82, 2.24) is 5.32 Å². The topological polar surface area (TPSA) is 84.9 Å². The number of aryl methyl sites for hydroxylation is 2. The van der Waals surface area contributed by atoms with E-state index in [4.69, 9.17) is 9.47 Å². The van der Waals surface area contributed by atoms with E-state index in [-0.39, 0.29) is 18.5 Å². The van der Waals surface area contributed by atoms with E-state index in [1.807, 2.05) is 64.1 Å². The lowest BCUT2D eigenvalue weighted by Crippen LogP contribution is -2.41. The Morgan fingerprint density at radius 3 is 2.32 bits per heavy atom. The molecule has 196 valence electrons. The molecule has 1 aliphatic heterocycles. The number of carbonyl (C=O) groups is 1. The molecule has 1 aliphatic rings. The Hall–Kier alpha value is -3.52. The summed E-state index contributed by atoms with van der Waals surface area (Å²) in [4.78, 5) is 13.2. The summed E-state index contributed by atoms with van der Waals surface area (Å²) in [5, 5.41) is 3.14. The van der Waals surface area contributed by atoms with Crippen LogP contribution in [0.1, 0.15) is 58.9 Å². The fourth-order valence-electron chi connectivity index (χ4n) is 4.82. The monoisotopic (exact) mass is 522 g/mol. The first kappa shape index (κ1) is 26.5. The van der Waals surface area contributed by atoms with E-state index in [0.29, 0.717) is 29.2 Å². The van der Waals surface area contributed by atoms with Gasteiger partial charge in [-0.25, -0.2) is 8.42 Å². The molecule has 0 radical (unpaired) electrons. The van der Waals surface area contributed by atoms with Gasteiger partial charge in [0.25, 0.3) is 5.91 Å². The molecule has 8 heteroatoms. The molecule has 0 saturated heterocycles. The molecule has 0 spiro atoms. The van der Waals surface area contributed by atoms with Crippen molar-refractivity contribution in [3.8, 4) is 11.5 Å². The van der Waals surface area contributed by atoms with E-state index in [0.717, 1.165) is 22.3 Å². The minimum Gasteiger partial charge on any atom is -0.497 e. The highest BCUT2D eigenvalue weighted by molar-refractivity contribution is 7.92. The molecule has 1 heterocycles. The van der Waals surface area contributed by atoms with Gasteiger partial charge in [0.1, 0.15) is 17.1 Å². The molecular weight excluding hydrogens is 488 g/mol. The zero-order chi connectivity index (χ0) is 27.0. The van der Waals surface area contributed by atoms with Crippen LogP contribution in [0.25, 0.3) is 0 Å². The van der Waals surface area contributed by atoms with Crippen LogP contribution in [0.5, 0.6) is 11.5 Å². The van der Waals surface area contributed by atoms with Crippen LogP contribution in [0.2, 0.25) is 0 Å². The number of nitrogens with zero attached hydrogens (tertiary/aromatic N) is 1. The van der Waals surface area contributed by atoms with E-state index in [1.165, 1.54) is 10.6 Å². The number of para-hydroxylation sites is 1. The Kier molecular flexibility index (Phi) is 7.24. The SMILES string of the molecule is COc1ccc2c(c1)OC(C)(C)CC2NC(=O)c1ccc(CN(c2c(C)cccc2C)S(C)(=O)=O)cc1. The van der Waals surface area contributed by atoms with Crippen molar-refractivity contribution < 1.29 is 22.7 Å². The van der Waals surface area contributed by atoms with Gasteiger partial charge in [0, 0.05) is 23.6 Å². The van der Waals surface area contributed by atoms with E-state index in [2.05, 4.69) is 5.32 Å². The van der Waals surface area contributed by atoms with Crippen LogP contribution < -0.4 is 19.1 Å². The predicted molar refractivity (Wildman–Crippen MR) is 146 cm³/mol. The number of ether oxygens (including phenoxy) is 2. The Labute approximate surface area is 219 Å². The summed E-state index contributed by atoms with van der Waals surface area (Å²) < 4.78 is 38.2. The van der Waals surface area contributed by atoms with Crippen molar-refractivity contribution in [2.45, 2.75) is 52.3 Å². The predicted octanol–water partition coefficient (Wildman–Crippen LogP) is 5.31. The number of nitrogens with one attached hydrogen (secondary N) is 1. The number of anilines is 1. The summed E-state index contributed by atoms with van der Waals surface area (Å²) in [5.74, 6) is 1.19. The van der Waals surface area contributed by atoms with Crippen LogP contribution in [-0.4, -0.2) is 33.3 Å². The average Bonchev–Trinajstić information content (AvgIpc) is 2.82. The molecule has 1 atom stereocenters. The molecule has 4 rings (SSSR count). The molecule has 3 aromatic carbocycles. The molecule has 1 unspecified atom stereocenters. The quantitative estimate of drug-likeness (QED) is 0.455. The molecular formula is C29H34N2O5S. The van der Waals surface area contributed by atoms with Crippen molar-refractivity contribution in [3.05, 3.63) is 88.5 Å². The van der Waals surface area contributed by atoms with Gasteiger partial charge in [-0.3, -0.25) is 9.10 Å². The summed E-state index contributed by atoms with van der Waals surface area (Å²) in [6, 6.07) is 18.2. The first-order valence-corrected chi connectivity index (χ1v) is 14.0. The van der Waals surface area contributed by atoms with Gasteiger partial charge in [0.2, 0.25) is 10.0 Å². The lowest BCUT2D eigenvalue weighted by atomic mass is 9.89. The number of hydrogen-bond donors (Lipinski definition) is 1. The molecule has 0 bridgehead atoms. The summed E-state index contributed by atoms with van der Waals surface area (Å²) >= 11 is 0. The Balaban J connectivity index is 1.54. The number of hydrogen-bond acceptors (Lipinski definition) is 5. The minimum atomic E-state index is -3.52. The summed E-state index contributed by atoms with van der Waals surface area (Å²) in [5.41, 5.74) is 4.20. The number of carbonyl (C=O) groups excluding carboxylic acids is 1. The summed E-state index contributed by atoms with van der Waals surface area (Å²) in [6.07, 6.45) is 1.83. The second kappa shape index (κ2) is 10.1. The van der Waals surface area contributed by atoms with Crippen LogP contribution in [0.15, 0.2) is 60.7 Å². The third-order valence-electron chi connectivity index (χ3n) is 6.61. The van der Waals surface area contributed by atoms with Crippen LogP contribution in [-0.2, 0) is 16.6 Å². The molecule has 1 N–H and O–H groups in total. The molecule has 37 heavy (non-hydrogen) atoms. The van der Waals surface area contributed by atoms with Crippen molar-refractivity contribution in [3.63, 3.8) is 0 Å². The second-order valence-corrected chi connectivity index (χ2v) is 12.1. The number of sulfonamides is 1. The lowest BCUT2D eigenvalue weighted by molar-refractivity contribution is 0.0617. The zero-order valence-electron chi connectivity index (χ0n) is 22.2. The molecule has 0 fully saturated rings. The second-order valence-electron chi connectivity index (χ2n) is 10.2. The molecule has 0 aromatic heterocycles. The normalized spacial score (nSPS) is 16.3. The van der Waals surface area contributed by atoms with Gasteiger partial charge in [-0.1, -0.05) is 30.3 Å². The van der Waals surface area contributed by atoms with E-state index >= 15 is 0 Å². The largest absolute Gasteiger partial charge is 0.497 e. The number of methoxy groups -OCH3 is 1. The fraction of sp³-hybridized carbons (Fsp3) is 0.345. The highest BCUT2D eigenvalue weighted by atomic mass is 32.2. The first-order valence-electron chi connectivity index (χ1n) is 12.2. The zero-order valence-corrected chi connectivity index (χ0v) is 23.0. The third kappa shape index (κ3) is 5.91. The lowest BCUT2D eigenvalue weighted by Gasteiger charge is -2.38. The van der Waals surface area contributed by atoms with E-state index < -0.39 is 15.6 Å². The number of amides is 1. The van der Waals surface area contributed by atoms with Gasteiger partial charge in [-0.15, -0.1) is 0 Å². The Morgan fingerprint density at radius 2 is 1.73 bits per heavy atom. The maximum absolute atomic E-state index is 13.2. The molecule has 1 amide bonds. The Morgan fingerprint density at radius 1 is 1.08 bits per heavy atom. The van der Waals surface area contributed by atoms with Crippen LogP contribution in [0, 0.1) is 13.8 Å². The summed E-state index contributed by atoms with van der Waals surface area (Å²) in [7, 11) is -1.91. The van der Waals surface area contributed by atoms with Crippen LogP contribution >= 0.6 is 0 Å². The molecule has 3 aromatic rings. The number of fused-ring (bicyclic) bond motifs is 1. The minimum absolute atomic E-state index is 0.176. The van der Waals surface area contributed by atoms with Gasteiger partial charge in [-0.2, -0.15) is 0 Å². The van der Waals surface area contributed by atoms with Gasteiger partial charge in [-0.05, 0) is 68.7 Å². The van der Waals surface area contributed by atoms with Crippen molar-refractivity contribution in [1.29, 1.82) is 0 Å². The molecule has 0 saturated carbocycles. The van der Waals surface area contributed by atoms with Crippen LogP contribution in [0.3, 0.4) is 0 Å².